The molecular weight excluding hydrogens is 298 g/mol. The number of aryl methyl sites for hydroxylation is 3. The Labute approximate surface area is 132 Å². The van der Waals surface area contributed by atoms with Gasteiger partial charge in [-0.05, 0) is 62.4 Å². The summed E-state index contributed by atoms with van der Waals surface area (Å²) in [6.07, 6.45) is 4.28. The minimum atomic E-state index is -3.49. The first-order chi connectivity index (χ1) is 10.3. The van der Waals surface area contributed by atoms with Gasteiger partial charge in [-0.1, -0.05) is 6.07 Å². The molecule has 0 atom stereocenters. The number of hydrogen-bond acceptors (Lipinski definition) is 3. The molecule has 0 radical (unpaired) electrons. The van der Waals surface area contributed by atoms with E-state index in [1.807, 2.05) is 46.0 Å². The van der Waals surface area contributed by atoms with Crippen LogP contribution in [0.1, 0.15) is 28.7 Å². The zero-order valence-electron chi connectivity index (χ0n) is 13.5. The fraction of sp³-hybridized carbons (Fsp3) is 0.438. The maximum absolute atomic E-state index is 12.6. The third-order valence-corrected chi connectivity index (χ3v) is 5.72. The highest BCUT2D eigenvalue weighted by Crippen LogP contribution is 2.25. The molecule has 0 spiro atoms. The molecule has 0 saturated heterocycles. The van der Waals surface area contributed by atoms with E-state index in [0.717, 1.165) is 22.3 Å². The zero-order chi connectivity index (χ0) is 16.3. The summed E-state index contributed by atoms with van der Waals surface area (Å²) in [5.74, 6) is 0. The van der Waals surface area contributed by atoms with Crippen LogP contribution >= 0.6 is 0 Å². The molecule has 0 unspecified atom stereocenters. The average molecular weight is 321 g/mol. The van der Waals surface area contributed by atoms with Crippen molar-refractivity contribution in [3.8, 4) is 0 Å². The highest BCUT2D eigenvalue weighted by molar-refractivity contribution is 7.89. The van der Waals surface area contributed by atoms with E-state index in [1.54, 1.807) is 10.9 Å². The molecule has 0 amide bonds. The Kier molecular flexibility index (Phi) is 5.03. The van der Waals surface area contributed by atoms with Gasteiger partial charge in [-0.25, -0.2) is 13.1 Å². The zero-order valence-corrected chi connectivity index (χ0v) is 14.4. The van der Waals surface area contributed by atoms with Gasteiger partial charge in [-0.3, -0.25) is 4.68 Å². The molecule has 0 saturated carbocycles. The molecular formula is C16H23N3O2S. The van der Waals surface area contributed by atoms with Gasteiger partial charge in [0.05, 0.1) is 4.90 Å². The van der Waals surface area contributed by atoms with Crippen molar-refractivity contribution in [3.05, 3.63) is 46.8 Å². The Morgan fingerprint density at radius 3 is 2.32 bits per heavy atom. The standard InChI is InChI=1S/C16H23N3O2S/c1-12-11-13(2)15(4)16(14(12)3)22(20,21)18-8-6-10-19-9-5-7-17-19/h5,7,9,11,18H,6,8,10H2,1-4H3. The Balaban J connectivity index is 2.10. The summed E-state index contributed by atoms with van der Waals surface area (Å²) in [4.78, 5) is 0.420. The quantitative estimate of drug-likeness (QED) is 0.831. The number of benzene rings is 1. The summed E-state index contributed by atoms with van der Waals surface area (Å²) in [5.41, 5.74) is 3.64. The number of rotatable bonds is 6. The first-order valence-electron chi connectivity index (χ1n) is 7.37. The van der Waals surface area contributed by atoms with Gasteiger partial charge in [0.2, 0.25) is 10.0 Å². The predicted octanol–water partition coefficient (Wildman–Crippen LogP) is 2.49. The Morgan fingerprint density at radius 2 is 1.77 bits per heavy atom. The van der Waals surface area contributed by atoms with Crippen LogP contribution in [0.4, 0.5) is 0 Å². The lowest BCUT2D eigenvalue weighted by Crippen LogP contribution is -2.27. The summed E-state index contributed by atoms with van der Waals surface area (Å²) in [7, 11) is -3.49. The van der Waals surface area contributed by atoms with Gasteiger partial charge >= 0.3 is 0 Å². The van der Waals surface area contributed by atoms with E-state index in [9.17, 15) is 8.42 Å². The molecule has 1 aromatic heterocycles. The molecule has 5 nitrogen and oxygen atoms in total. The van der Waals surface area contributed by atoms with Crippen molar-refractivity contribution < 1.29 is 8.42 Å². The molecule has 1 N–H and O–H groups in total. The van der Waals surface area contributed by atoms with Crippen LogP contribution in [-0.2, 0) is 16.6 Å². The van der Waals surface area contributed by atoms with Crippen molar-refractivity contribution >= 4 is 10.0 Å². The molecule has 6 heteroatoms. The van der Waals surface area contributed by atoms with Gasteiger partial charge in [0.25, 0.3) is 0 Å². The van der Waals surface area contributed by atoms with E-state index in [-0.39, 0.29) is 0 Å². The number of hydrogen-bond donors (Lipinski definition) is 1. The molecule has 120 valence electrons. The Bertz CT molecular complexity index is 724. The van der Waals surface area contributed by atoms with E-state index in [0.29, 0.717) is 24.4 Å². The molecule has 0 fully saturated rings. The first kappa shape index (κ1) is 16.7. The van der Waals surface area contributed by atoms with Crippen LogP contribution in [-0.4, -0.2) is 24.7 Å². The van der Waals surface area contributed by atoms with Crippen LogP contribution in [0.3, 0.4) is 0 Å². The minimum Gasteiger partial charge on any atom is -0.273 e. The first-order valence-corrected chi connectivity index (χ1v) is 8.85. The number of nitrogens with one attached hydrogen (secondary N) is 1. The molecule has 1 aromatic carbocycles. The molecule has 22 heavy (non-hydrogen) atoms. The summed E-state index contributed by atoms with van der Waals surface area (Å²) in [5, 5.41) is 4.10. The van der Waals surface area contributed by atoms with Crippen LogP contribution in [0.2, 0.25) is 0 Å². The van der Waals surface area contributed by atoms with Gasteiger partial charge < -0.3 is 0 Å². The number of sulfonamides is 1. The Hall–Kier alpha value is -1.66. The van der Waals surface area contributed by atoms with Crippen LogP contribution in [0, 0.1) is 27.7 Å². The second-order valence-electron chi connectivity index (χ2n) is 5.61. The number of aromatic nitrogens is 2. The van der Waals surface area contributed by atoms with Gasteiger partial charge in [0, 0.05) is 25.5 Å². The summed E-state index contributed by atoms with van der Waals surface area (Å²) in [6.45, 7) is 8.70. The smallest absolute Gasteiger partial charge is 0.241 e. The average Bonchev–Trinajstić information content (AvgIpc) is 2.95. The summed E-state index contributed by atoms with van der Waals surface area (Å²) < 4.78 is 29.7. The molecule has 0 aliphatic carbocycles. The van der Waals surface area contributed by atoms with Crippen molar-refractivity contribution in [2.75, 3.05) is 6.54 Å². The lowest BCUT2D eigenvalue weighted by Gasteiger charge is -2.16. The molecule has 2 rings (SSSR count). The van der Waals surface area contributed by atoms with E-state index < -0.39 is 10.0 Å². The van der Waals surface area contributed by atoms with Crippen molar-refractivity contribution in [3.63, 3.8) is 0 Å². The van der Waals surface area contributed by atoms with Crippen LogP contribution in [0.15, 0.2) is 29.4 Å². The third-order valence-electron chi connectivity index (χ3n) is 3.98. The van der Waals surface area contributed by atoms with Gasteiger partial charge in [0.15, 0.2) is 0 Å². The summed E-state index contributed by atoms with van der Waals surface area (Å²) in [6, 6.07) is 3.88. The minimum absolute atomic E-state index is 0.397. The van der Waals surface area contributed by atoms with Crippen molar-refractivity contribution in [1.29, 1.82) is 0 Å². The van der Waals surface area contributed by atoms with Gasteiger partial charge in [0.1, 0.15) is 0 Å². The highest BCUT2D eigenvalue weighted by atomic mass is 32.2. The van der Waals surface area contributed by atoms with E-state index in [4.69, 9.17) is 0 Å². The van der Waals surface area contributed by atoms with Gasteiger partial charge in [-0.15, -0.1) is 0 Å². The molecule has 0 aliphatic heterocycles. The second-order valence-corrected chi connectivity index (χ2v) is 7.31. The monoisotopic (exact) mass is 321 g/mol. The predicted molar refractivity (Wildman–Crippen MR) is 87.4 cm³/mol. The van der Waals surface area contributed by atoms with E-state index >= 15 is 0 Å². The molecule has 0 aliphatic rings. The maximum atomic E-state index is 12.6. The third kappa shape index (κ3) is 3.56. The van der Waals surface area contributed by atoms with Crippen molar-refractivity contribution in [2.24, 2.45) is 0 Å². The second kappa shape index (κ2) is 6.62. The number of nitrogens with zero attached hydrogens (tertiary/aromatic N) is 2. The lowest BCUT2D eigenvalue weighted by molar-refractivity contribution is 0.552. The van der Waals surface area contributed by atoms with Crippen molar-refractivity contribution in [1.82, 2.24) is 14.5 Å². The largest absolute Gasteiger partial charge is 0.273 e. The fourth-order valence-corrected chi connectivity index (χ4v) is 4.22. The topological polar surface area (TPSA) is 64.0 Å². The highest BCUT2D eigenvalue weighted by Gasteiger charge is 2.21. The van der Waals surface area contributed by atoms with Crippen LogP contribution in [0.5, 0.6) is 0 Å². The maximum Gasteiger partial charge on any atom is 0.241 e. The Morgan fingerprint density at radius 1 is 1.14 bits per heavy atom. The van der Waals surface area contributed by atoms with Crippen molar-refractivity contribution in [2.45, 2.75) is 45.6 Å². The summed E-state index contributed by atoms with van der Waals surface area (Å²) >= 11 is 0. The molecule has 2 aromatic rings. The molecule has 0 bridgehead atoms. The fourth-order valence-electron chi connectivity index (χ4n) is 2.54. The van der Waals surface area contributed by atoms with Crippen LogP contribution in [0.25, 0.3) is 0 Å². The van der Waals surface area contributed by atoms with E-state index in [2.05, 4.69) is 9.82 Å². The van der Waals surface area contributed by atoms with Gasteiger partial charge in [-0.2, -0.15) is 5.10 Å². The SMILES string of the molecule is Cc1cc(C)c(C)c(S(=O)(=O)NCCCn2cccn2)c1C. The lowest BCUT2D eigenvalue weighted by atomic mass is 10.0. The van der Waals surface area contributed by atoms with E-state index in [1.165, 1.54) is 0 Å². The molecule has 1 heterocycles. The van der Waals surface area contributed by atoms with Crippen LogP contribution < -0.4 is 4.72 Å². The normalized spacial score (nSPS) is 11.8.